The van der Waals surface area contributed by atoms with Crippen LogP contribution in [0.5, 0.6) is 0 Å². The molecule has 46 heavy (non-hydrogen) atoms. The van der Waals surface area contributed by atoms with Gasteiger partial charge in [0, 0.05) is 68.0 Å². The van der Waals surface area contributed by atoms with Gasteiger partial charge in [0.2, 0.25) is 17.7 Å². The van der Waals surface area contributed by atoms with E-state index in [0.717, 1.165) is 32.3 Å². The van der Waals surface area contributed by atoms with Crippen LogP contribution in [-0.4, -0.2) is 81.1 Å². The summed E-state index contributed by atoms with van der Waals surface area (Å²) in [6.45, 7) is 2.07. The predicted octanol–water partition coefficient (Wildman–Crippen LogP) is 5.15. The zero-order chi connectivity index (χ0) is 33.1. The molecule has 1 atom stereocenters. The number of anilines is 5. The molecular weight excluding hydrogens is 604 g/mol. The van der Waals surface area contributed by atoms with E-state index in [1.165, 1.54) is 9.80 Å². The van der Waals surface area contributed by atoms with Gasteiger partial charge in [0.15, 0.2) is 0 Å². The highest BCUT2D eigenvalue weighted by atomic mass is 32.2. The monoisotopic (exact) mass is 644 g/mol. The fraction of sp³-hybridized carbons (Fsp3) is 0.353. The molecule has 5 rings (SSSR count). The van der Waals surface area contributed by atoms with Crippen LogP contribution >= 0.6 is 11.8 Å². The van der Waals surface area contributed by atoms with Crippen LogP contribution in [0, 0.1) is 0 Å². The summed E-state index contributed by atoms with van der Waals surface area (Å²) in [5, 5.41) is 15.9. The van der Waals surface area contributed by atoms with Gasteiger partial charge >= 0.3 is 6.09 Å². The van der Waals surface area contributed by atoms with Gasteiger partial charge in [0.05, 0.1) is 17.9 Å². The zero-order valence-corrected chi connectivity index (χ0v) is 27.6. The summed E-state index contributed by atoms with van der Waals surface area (Å²) in [5.41, 5.74) is 5.64. The number of nitrogens with one attached hydrogen (secondary N) is 2. The van der Waals surface area contributed by atoms with Crippen molar-refractivity contribution in [3.05, 3.63) is 65.7 Å². The average Bonchev–Trinajstić information content (AvgIpc) is 3.53. The normalized spacial score (nSPS) is 15.1. The second-order valence-electron chi connectivity index (χ2n) is 11.9. The molecule has 3 aromatic rings. The van der Waals surface area contributed by atoms with E-state index in [2.05, 4.69) is 10.6 Å². The van der Waals surface area contributed by atoms with Gasteiger partial charge in [0.1, 0.15) is 6.04 Å². The van der Waals surface area contributed by atoms with Crippen molar-refractivity contribution in [2.45, 2.75) is 48.4 Å². The van der Waals surface area contributed by atoms with E-state index in [0.29, 0.717) is 49.3 Å². The van der Waals surface area contributed by atoms with Crippen molar-refractivity contribution in [1.82, 2.24) is 10.2 Å². The lowest BCUT2D eigenvalue weighted by Gasteiger charge is -2.33. The Kier molecular flexibility index (Phi) is 9.76. The molecule has 0 saturated carbocycles. The highest BCUT2D eigenvalue weighted by Crippen LogP contribution is 2.52. The first-order chi connectivity index (χ1) is 22.0. The standard InChI is InChI=1S/C34H40N6O5S/c1-6-30(41)35-20-31(42)39-15-7-8-27(39)33(43)36-23-11-9-21(10-12-23)16-22-17-25(38(4)5)19-29-32(22)40(34(44)45)26-14-13-24(37(2)3)18-28(26)46-29/h9-14,17-19,27H,6-8,15-16,20H2,1-5H3,(H,35,41)(H,36,43)(H,44,45)/t27-/m0/s1. The van der Waals surface area contributed by atoms with Crippen LogP contribution in [0.3, 0.4) is 0 Å². The molecule has 0 unspecified atom stereocenters. The Balaban J connectivity index is 1.36. The molecule has 0 bridgehead atoms. The van der Waals surface area contributed by atoms with Gasteiger partial charge in [-0.2, -0.15) is 0 Å². The summed E-state index contributed by atoms with van der Waals surface area (Å²) in [6.07, 6.45) is 0.988. The molecule has 11 nitrogen and oxygen atoms in total. The molecule has 3 N–H and O–H groups in total. The summed E-state index contributed by atoms with van der Waals surface area (Å²) in [5.74, 6) is -0.744. The van der Waals surface area contributed by atoms with E-state index in [1.807, 2.05) is 92.6 Å². The van der Waals surface area contributed by atoms with Crippen LogP contribution < -0.4 is 25.3 Å². The molecule has 0 aliphatic carbocycles. The number of likely N-dealkylation sites (tertiary alicyclic amines) is 1. The Morgan fingerprint density at radius 2 is 1.63 bits per heavy atom. The Labute approximate surface area is 273 Å². The highest BCUT2D eigenvalue weighted by Gasteiger charge is 2.34. The largest absolute Gasteiger partial charge is 0.464 e. The number of fused-ring (bicyclic) bond motifs is 2. The summed E-state index contributed by atoms with van der Waals surface area (Å²) < 4.78 is 0. The van der Waals surface area contributed by atoms with Gasteiger partial charge in [-0.3, -0.25) is 14.4 Å². The quantitative estimate of drug-likeness (QED) is 0.292. The van der Waals surface area contributed by atoms with Gasteiger partial charge in [-0.15, -0.1) is 0 Å². The first kappa shape index (κ1) is 32.7. The van der Waals surface area contributed by atoms with Crippen molar-refractivity contribution < 1.29 is 24.3 Å². The molecule has 1 fully saturated rings. The smallest absolute Gasteiger partial charge is 0.416 e. The van der Waals surface area contributed by atoms with Crippen molar-refractivity contribution >= 4 is 64.0 Å². The topological polar surface area (TPSA) is 126 Å². The number of hydrogen-bond donors (Lipinski definition) is 3. The van der Waals surface area contributed by atoms with Gasteiger partial charge in [-0.05, 0) is 72.9 Å². The van der Waals surface area contributed by atoms with Gasteiger partial charge in [-0.1, -0.05) is 30.8 Å². The minimum atomic E-state index is -1.05. The number of carbonyl (C=O) groups excluding carboxylic acids is 3. The van der Waals surface area contributed by atoms with Gasteiger partial charge < -0.3 is 30.4 Å². The number of carboxylic acid groups (broad SMARTS) is 1. The van der Waals surface area contributed by atoms with Crippen LogP contribution in [0.25, 0.3) is 0 Å². The van der Waals surface area contributed by atoms with Crippen LogP contribution in [0.4, 0.5) is 33.2 Å². The number of rotatable bonds is 9. The maximum absolute atomic E-state index is 13.2. The first-order valence-corrected chi connectivity index (χ1v) is 16.1. The molecule has 242 valence electrons. The summed E-state index contributed by atoms with van der Waals surface area (Å²) in [4.78, 5) is 58.8. The molecule has 3 aromatic carbocycles. The predicted molar refractivity (Wildman–Crippen MR) is 182 cm³/mol. The lowest BCUT2D eigenvalue weighted by molar-refractivity contribution is -0.137. The molecular formula is C34H40N6O5S. The molecule has 2 aliphatic rings. The number of hydrogen-bond acceptors (Lipinski definition) is 7. The Bertz CT molecular complexity index is 1660. The fourth-order valence-corrected chi connectivity index (χ4v) is 6.93. The number of carbonyl (C=O) groups is 4. The third kappa shape index (κ3) is 6.91. The molecule has 1 saturated heterocycles. The summed E-state index contributed by atoms with van der Waals surface area (Å²) in [6, 6.07) is 16.7. The van der Waals surface area contributed by atoms with Crippen LogP contribution in [-0.2, 0) is 20.8 Å². The van der Waals surface area contributed by atoms with E-state index >= 15 is 0 Å². The third-order valence-corrected chi connectivity index (χ3v) is 9.32. The van der Waals surface area contributed by atoms with E-state index < -0.39 is 12.1 Å². The number of benzene rings is 3. The lowest BCUT2D eigenvalue weighted by Crippen LogP contribution is -2.47. The van der Waals surface area contributed by atoms with E-state index in [4.69, 9.17) is 0 Å². The molecule has 4 amide bonds. The lowest BCUT2D eigenvalue weighted by atomic mass is 10.0. The van der Waals surface area contributed by atoms with Crippen molar-refractivity contribution in [2.24, 2.45) is 0 Å². The second kappa shape index (κ2) is 13.7. The SMILES string of the molecule is CCC(=O)NCC(=O)N1CCC[C@H]1C(=O)Nc1ccc(Cc2cc(N(C)C)cc3c2N(C(=O)O)c2ccc(N(C)C)cc2S3)cc1. The summed E-state index contributed by atoms with van der Waals surface area (Å²) >= 11 is 1.57. The molecule has 12 heteroatoms. The Hall–Kier alpha value is -4.71. The maximum atomic E-state index is 13.2. The van der Waals surface area contributed by atoms with Crippen molar-refractivity contribution in [3.8, 4) is 0 Å². The minimum absolute atomic E-state index is 0.121. The van der Waals surface area contributed by atoms with E-state index in [1.54, 1.807) is 18.7 Å². The van der Waals surface area contributed by atoms with E-state index in [9.17, 15) is 24.3 Å². The number of nitrogens with zero attached hydrogens (tertiary/aromatic N) is 4. The van der Waals surface area contributed by atoms with Gasteiger partial charge in [-0.25, -0.2) is 9.69 Å². The molecule has 2 aliphatic heterocycles. The minimum Gasteiger partial charge on any atom is -0.464 e. The fourth-order valence-electron chi connectivity index (χ4n) is 5.75. The molecule has 0 radical (unpaired) electrons. The molecule has 0 spiro atoms. The third-order valence-electron chi connectivity index (χ3n) is 8.24. The van der Waals surface area contributed by atoms with Crippen molar-refractivity contribution in [3.63, 3.8) is 0 Å². The highest BCUT2D eigenvalue weighted by molar-refractivity contribution is 7.99. The van der Waals surface area contributed by atoms with Crippen molar-refractivity contribution in [2.75, 3.05) is 61.3 Å². The summed E-state index contributed by atoms with van der Waals surface area (Å²) in [7, 11) is 7.84. The number of amides is 4. The molecule has 0 aromatic heterocycles. The maximum Gasteiger partial charge on any atom is 0.416 e. The van der Waals surface area contributed by atoms with Crippen LogP contribution in [0.15, 0.2) is 64.4 Å². The second-order valence-corrected chi connectivity index (χ2v) is 12.9. The van der Waals surface area contributed by atoms with Gasteiger partial charge in [0.25, 0.3) is 0 Å². The Morgan fingerprint density at radius 1 is 0.935 bits per heavy atom. The zero-order valence-electron chi connectivity index (χ0n) is 26.8. The van der Waals surface area contributed by atoms with E-state index in [-0.39, 0.29) is 24.3 Å². The average molecular weight is 645 g/mol. The first-order valence-electron chi connectivity index (χ1n) is 15.3. The Morgan fingerprint density at radius 3 is 2.28 bits per heavy atom. The van der Waals surface area contributed by atoms with Crippen molar-refractivity contribution in [1.29, 1.82) is 0 Å². The van der Waals surface area contributed by atoms with Crippen LogP contribution in [0.2, 0.25) is 0 Å². The van der Waals surface area contributed by atoms with Crippen LogP contribution in [0.1, 0.15) is 37.3 Å². The molecule has 2 heterocycles.